The number of rotatable bonds is 5. The number of hydrogen-bond acceptors (Lipinski definition) is 3. The molecule has 1 aromatic carbocycles. The Morgan fingerprint density at radius 1 is 1.33 bits per heavy atom. The number of aromatic nitrogens is 2. The van der Waals surface area contributed by atoms with Crippen LogP contribution in [0.4, 0.5) is 0 Å². The Morgan fingerprint density at radius 2 is 2.11 bits per heavy atom. The van der Waals surface area contributed by atoms with Crippen LogP contribution in [0.15, 0.2) is 42.7 Å². The summed E-state index contributed by atoms with van der Waals surface area (Å²) in [6.45, 7) is 2.54. The molecule has 2 rings (SSSR count). The quantitative estimate of drug-likeness (QED) is 0.600. The fourth-order valence-electron chi connectivity index (χ4n) is 1.56. The number of unbranched alkanes of at least 4 members (excludes halogenated alkanes) is 1. The van der Waals surface area contributed by atoms with Crippen LogP contribution in [0, 0.1) is 0 Å². The van der Waals surface area contributed by atoms with E-state index in [0.29, 0.717) is 12.2 Å². The summed E-state index contributed by atoms with van der Waals surface area (Å²) in [6, 6.07) is 9.07. The van der Waals surface area contributed by atoms with Gasteiger partial charge in [0.1, 0.15) is 0 Å². The summed E-state index contributed by atoms with van der Waals surface area (Å²) in [4.78, 5) is 11.7. The maximum Gasteiger partial charge on any atom is 0.338 e. The van der Waals surface area contributed by atoms with Crippen molar-refractivity contribution in [2.75, 3.05) is 6.61 Å². The Balaban J connectivity index is 2.01. The zero-order chi connectivity index (χ0) is 12.8. The van der Waals surface area contributed by atoms with Gasteiger partial charge in [0.15, 0.2) is 0 Å². The van der Waals surface area contributed by atoms with Crippen LogP contribution < -0.4 is 0 Å². The Labute approximate surface area is 106 Å². The second kappa shape index (κ2) is 6.00. The number of carbonyl (C=O) groups excluding carboxylic acids is 1. The third-order valence-corrected chi connectivity index (χ3v) is 2.60. The third kappa shape index (κ3) is 2.97. The average molecular weight is 244 g/mol. The van der Waals surface area contributed by atoms with Crippen LogP contribution in [0.3, 0.4) is 0 Å². The van der Waals surface area contributed by atoms with Gasteiger partial charge in [-0.25, -0.2) is 9.48 Å². The Kier molecular flexibility index (Phi) is 4.12. The minimum absolute atomic E-state index is 0.268. The number of ether oxygens (including phenoxy) is 1. The van der Waals surface area contributed by atoms with Gasteiger partial charge >= 0.3 is 5.97 Å². The van der Waals surface area contributed by atoms with Crippen LogP contribution in [0.5, 0.6) is 0 Å². The first-order chi connectivity index (χ1) is 8.81. The van der Waals surface area contributed by atoms with E-state index in [1.807, 2.05) is 24.4 Å². The van der Waals surface area contributed by atoms with Gasteiger partial charge < -0.3 is 4.74 Å². The molecular formula is C14H16N2O2. The van der Waals surface area contributed by atoms with Crippen molar-refractivity contribution in [3.8, 4) is 5.69 Å². The van der Waals surface area contributed by atoms with E-state index in [0.717, 1.165) is 18.5 Å². The average Bonchev–Trinajstić information content (AvgIpc) is 2.93. The second-order valence-electron chi connectivity index (χ2n) is 3.99. The third-order valence-electron chi connectivity index (χ3n) is 2.60. The topological polar surface area (TPSA) is 44.1 Å². The minimum Gasteiger partial charge on any atom is -0.462 e. The SMILES string of the molecule is CCCCOC(=O)c1ccc(-n2cccn2)cc1. The summed E-state index contributed by atoms with van der Waals surface area (Å²) in [6.07, 6.45) is 5.49. The molecule has 1 heterocycles. The highest BCUT2D eigenvalue weighted by Crippen LogP contribution is 2.09. The lowest BCUT2D eigenvalue weighted by Gasteiger charge is -2.05. The first-order valence-corrected chi connectivity index (χ1v) is 6.08. The summed E-state index contributed by atoms with van der Waals surface area (Å²) >= 11 is 0. The van der Waals surface area contributed by atoms with E-state index in [9.17, 15) is 4.79 Å². The van der Waals surface area contributed by atoms with Crippen molar-refractivity contribution in [1.82, 2.24) is 9.78 Å². The molecule has 0 aliphatic carbocycles. The Morgan fingerprint density at radius 3 is 2.72 bits per heavy atom. The molecule has 0 spiro atoms. The number of esters is 1. The lowest BCUT2D eigenvalue weighted by Crippen LogP contribution is -2.06. The molecule has 0 amide bonds. The van der Waals surface area contributed by atoms with Crippen LogP contribution >= 0.6 is 0 Å². The van der Waals surface area contributed by atoms with Crippen molar-refractivity contribution in [3.63, 3.8) is 0 Å². The van der Waals surface area contributed by atoms with Gasteiger partial charge in [-0.05, 0) is 36.8 Å². The van der Waals surface area contributed by atoms with Gasteiger partial charge in [0.2, 0.25) is 0 Å². The van der Waals surface area contributed by atoms with Crippen LogP contribution in [0.25, 0.3) is 5.69 Å². The van der Waals surface area contributed by atoms with Crippen molar-refractivity contribution in [1.29, 1.82) is 0 Å². The summed E-state index contributed by atoms with van der Waals surface area (Å²) in [5.41, 5.74) is 1.49. The number of nitrogens with zero attached hydrogens (tertiary/aromatic N) is 2. The molecule has 0 N–H and O–H groups in total. The smallest absolute Gasteiger partial charge is 0.338 e. The fourth-order valence-corrected chi connectivity index (χ4v) is 1.56. The van der Waals surface area contributed by atoms with Gasteiger partial charge in [0, 0.05) is 12.4 Å². The first kappa shape index (κ1) is 12.4. The molecule has 18 heavy (non-hydrogen) atoms. The highest BCUT2D eigenvalue weighted by Gasteiger charge is 2.06. The lowest BCUT2D eigenvalue weighted by atomic mass is 10.2. The number of hydrogen-bond donors (Lipinski definition) is 0. The van der Waals surface area contributed by atoms with Gasteiger partial charge in [0.25, 0.3) is 0 Å². The monoisotopic (exact) mass is 244 g/mol. The van der Waals surface area contributed by atoms with E-state index in [1.165, 1.54) is 0 Å². The van der Waals surface area contributed by atoms with E-state index < -0.39 is 0 Å². The molecule has 0 bridgehead atoms. The molecular weight excluding hydrogens is 228 g/mol. The predicted octanol–water partition coefficient (Wildman–Crippen LogP) is 2.83. The summed E-state index contributed by atoms with van der Waals surface area (Å²) in [7, 11) is 0. The molecule has 0 saturated heterocycles. The van der Waals surface area contributed by atoms with Crippen molar-refractivity contribution >= 4 is 5.97 Å². The zero-order valence-corrected chi connectivity index (χ0v) is 10.4. The van der Waals surface area contributed by atoms with E-state index in [2.05, 4.69) is 12.0 Å². The normalized spacial score (nSPS) is 10.3. The molecule has 0 aliphatic rings. The van der Waals surface area contributed by atoms with Gasteiger partial charge in [-0.3, -0.25) is 0 Å². The number of carbonyl (C=O) groups is 1. The minimum atomic E-state index is -0.268. The molecule has 0 fully saturated rings. The van der Waals surface area contributed by atoms with Gasteiger partial charge in [-0.1, -0.05) is 13.3 Å². The predicted molar refractivity (Wildman–Crippen MR) is 68.8 cm³/mol. The second-order valence-corrected chi connectivity index (χ2v) is 3.99. The van der Waals surface area contributed by atoms with Crippen LogP contribution in [0.1, 0.15) is 30.1 Å². The highest BCUT2D eigenvalue weighted by atomic mass is 16.5. The Hall–Kier alpha value is -2.10. The van der Waals surface area contributed by atoms with Crippen LogP contribution in [-0.4, -0.2) is 22.4 Å². The largest absolute Gasteiger partial charge is 0.462 e. The first-order valence-electron chi connectivity index (χ1n) is 6.08. The van der Waals surface area contributed by atoms with Gasteiger partial charge in [-0.2, -0.15) is 5.10 Å². The summed E-state index contributed by atoms with van der Waals surface area (Å²) in [5.74, 6) is -0.268. The Bertz CT molecular complexity index is 489. The van der Waals surface area contributed by atoms with Gasteiger partial charge in [0.05, 0.1) is 17.9 Å². The molecule has 0 aliphatic heterocycles. The molecule has 2 aromatic rings. The summed E-state index contributed by atoms with van der Waals surface area (Å²) in [5, 5.41) is 4.12. The van der Waals surface area contributed by atoms with Crippen LogP contribution in [-0.2, 0) is 4.74 Å². The van der Waals surface area contributed by atoms with Crippen molar-refractivity contribution in [2.45, 2.75) is 19.8 Å². The molecule has 1 aromatic heterocycles. The maximum atomic E-state index is 11.7. The van der Waals surface area contributed by atoms with Gasteiger partial charge in [-0.15, -0.1) is 0 Å². The van der Waals surface area contributed by atoms with Crippen LogP contribution in [0.2, 0.25) is 0 Å². The highest BCUT2D eigenvalue weighted by molar-refractivity contribution is 5.89. The molecule has 0 atom stereocenters. The molecule has 4 nitrogen and oxygen atoms in total. The summed E-state index contributed by atoms with van der Waals surface area (Å²) < 4.78 is 6.88. The zero-order valence-electron chi connectivity index (χ0n) is 10.4. The van der Waals surface area contributed by atoms with Crippen molar-refractivity contribution < 1.29 is 9.53 Å². The molecule has 0 saturated carbocycles. The molecule has 4 heteroatoms. The van der Waals surface area contributed by atoms with Crippen molar-refractivity contribution in [2.24, 2.45) is 0 Å². The van der Waals surface area contributed by atoms with E-state index in [-0.39, 0.29) is 5.97 Å². The lowest BCUT2D eigenvalue weighted by molar-refractivity contribution is 0.0500. The van der Waals surface area contributed by atoms with E-state index in [1.54, 1.807) is 23.0 Å². The fraction of sp³-hybridized carbons (Fsp3) is 0.286. The van der Waals surface area contributed by atoms with E-state index >= 15 is 0 Å². The standard InChI is InChI=1S/C14H16N2O2/c1-2-3-11-18-14(17)12-5-7-13(8-6-12)16-10-4-9-15-16/h4-10H,2-3,11H2,1H3. The van der Waals surface area contributed by atoms with E-state index in [4.69, 9.17) is 4.74 Å². The number of benzene rings is 1. The maximum absolute atomic E-state index is 11.7. The molecule has 0 unspecified atom stereocenters. The molecule has 94 valence electrons. The van der Waals surface area contributed by atoms with Crippen molar-refractivity contribution in [3.05, 3.63) is 48.3 Å². The molecule has 0 radical (unpaired) electrons.